The number of benzene rings is 1. The molecule has 11 heteroatoms. The Morgan fingerprint density at radius 2 is 1.97 bits per heavy atom. The summed E-state index contributed by atoms with van der Waals surface area (Å²) >= 11 is 0. The van der Waals surface area contributed by atoms with Gasteiger partial charge in [-0.05, 0) is 54.8 Å². The predicted molar refractivity (Wildman–Crippen MR) is 143 cm³/mol. The van der Waals surface area contributed by atoms with Gasteiger partial charge in [0.25, 0.3) is 5.91 Å². The Hall–Kier alpha value is -4.22. The summed E-state index contributed by atoms with van der Waals surface area (Å²) in [5.41, 5.74) is 8.47. The molecular weight excluding hydrogens is 503 g/mol. The molecule has 2 amide bonds. The van der Waals surface area contributed by atoms with Gasteiger partial charge in [0, 0.05) is 45.6 Å². The van der Waals surface area contributed by atoms with Crippen molar-refractivity contribution < 1.29 is 23.1 Å². The third kappa shape index (κ3) is 5.79. The number of H-pyrrole nitrogens is 1. The maximum Gasteiger partial charge on any atom is 0.286 e. The van der Waals surface area contributed by atoms with E-state index in [-0.39, 0.29) is 29.7 Å². The molecule has 1 aromatic carbocycles. The lowest BCUT2D eigenvalue weighted by Gasteiger charge is -2.35. The van der Waals surface area contributed by atoms with Crippen LogP contribution in [0.3, 0.4) is 0 Å². The topological polar surface area (TPSA) is 130 Å². The van der Waals surface area contributed by atoms with Gasteiger partial charge in [0.15, 0.2) is 17.3 Å². The second-order valence-electron chi connectivity index (χ2n) is 9.63. The number of aryl methyl sites for hydroxylation is 1. The molecule has 204 valence electrons. The van der Waals surface area contributed by atoms with Crippen molar-refractivity contribution in [3.8, 4) is 11.5 Å². The fourth-order valence-electron chi connectivity index (χ4n) is 4.77. The summed E-state index contributed by atoms with van der Waals surface area (Å²) in [5.74, 6) is 0.588. The molecule has 0 bridgehead atoms. The fraction of sp³-hybridized carbons (Fsp3) is 0.321. The molecule has 4 aromatic rings. The second kappa shape index (κ2) is 11.3. The molecule has 1 fully saturated rings. The van der Waals surface area contributed by atoms with Crippen LogP contribution in [0.15, 0.2) is 53.2 Å². The van der Waals surface area contributed by atoms with E-state index in [1.54, 1.807) is 48.5 Å². The van der Waals surface area contributed by atoms with Gasteiger partial charge in [0.1, 0.15) is 17.2 Å². The van der Waals surface area contributed by atoms with Gasteiger partial charge < -0.3 is 30.1 Å². The zero-order valence-corrected chi connectivity index (χ0v) is 21.9. The first-order valence-electron chi connectivity index (χ1n) is 12.8. The second-order valence-corrected chi connectivity index (χ2v) is 9.63. The monoisotopic (exact) mass is 534 g/mol. The van der Waals surface area contributed by atoms with Gasteiger partial charge in [0.05, 0.1) is 18.0 Å². The summed E-state index contributed by atoms with van der Waals surface area (Å²) in [6.45, 7) is 4.82. The Bertz CT molecular complexity index is 1490. The minimum Gasteiger partial charge on any atom is -0.455 e. The summed E-state index contributed by atoms with van der Waals surface area (Å²) < 4.78 is 26.4. The molecule has 4 heterocycles. The number of piperazine rings is 1. The highest BCUT2D eigenvalue weighted by Crippen LogP contribution is 2.32. The molecule has 1 atom stereocenters. The molecule has 5 rings (SSSR count). The van der Waals surface area contributed by atoms with Gasteiger partial charge in [-0.25, -0.2) is 9.37 Å². The quantitative estimate of drug-likeness (QED) is 0.317. The Morgan fingerprint density at radius 3 is 2.72 bits per heavy atom. The zero-order chi connectivity index (χ0) is 27.5. The van der Waals surface area contributed by atoms with Crippen molar-refractivity contribution >= 4 is 22.8 Å². The lowest BCUT2D eigenvalue weighted by atomic mass is 10.0. The number of carbonyl (C=O) groups excluding carboxylic acids is 2. The predicted octanol–water partition coefficient (Wildman–Crippen LogP) is 2.97. The normalized spacial score (nSPS) is 14.9. The standard InChI is InChI=1S/C28H31FN6O4/c1-17-15-33-26-25(17)23(7-8-32-26)39-22-5-3-18(13-20(22)29)14-21(30)28(37)35-11-9-34(10-12-35)16-19-4-6-24(38-19)27(36)31-2/h3-8,13,15,21H,9-12,14,16,30H2,1-2H3,(H,31,36)(H,32,33). The van der Waals surface area contributed by atoms with Crippen LogP contribution in [-0.2, 0) is 17.8 Å². The summed E-state index contributed by atoms with van der Waals surface area (Å²) in [7, 11) is 1.55. The van der Waals surface area contributed by atoms with Gasteiger partial charge in [-0.1, -0.05) is 6.07 Å². The van der Waals surface area contributed by atoms with Crippen molar-refractivity contribution in [1.29, 1.82) is 0 Å². The first-order valence-corrected chi connectivity index (χ1v) is 12.8. The number of halogens is 1. The number of fused-ring (bicyclic) bond motifs is 1. The van der Waals surface area contributed by atoms with E-state index in [0.717, 1.165) is 10.9 Å². The molecule has 39 heavy (non-hydrogen) atoms. The van der Waals surface area contributed by atoms with E-state index in [0.29, 0.717) is 55.4 Å². The van der Waals surface area contributed by atoms with Crippen LogP contribution in [0.4, 0.5) is 4.39 Å². The summed E-state index contributed by atoms with van der Waals surface area (Å²) in [4.78, 5) is 35.9. The molecule has 3 aromatic heterocycles. The number of pyridine rings is 1. The van der Waals surface area contributed by atoms with Gasteiger partial charge in [0.2, 0.25) is 5.91 Å². The van der Waals surface area contributed by atoms with Crippen molar-refractivity contribution in [2.75, 3.05) is 33.2 Å². The Kier molecular flexibility index (Phi) is 7.62. The Morgan fingerprint density at radius 1 is 1.18 bits per heavy atom. The van der Waals surface area contributed by atoms with Crippen LogP contribution >= 0.6 is 0 Å². The number of rotatable bonds is 8. The van der Waals surface area contributed by atoms with Crippen molar-refractivity contribution in [2.24, 2.45) is 5.73 Å². The van der Waals surface area contributed by atoms with Crippen LogP contribution in [0.1, 0.15) is 27.4 Å². The highest BCUT2D eigenvalue weighted by molar-refractivity contribution is 5.91. The molecule has 0 radical (unpaired) electrons. The van der Waals surface area contributed by atoms with Gasteiger partial charge >= 0.3 is 0 Å². The molecular formula is C28H31FN6O4. The van der Waals surface area contributed by atoms with Crippen molar-refractivity contribution in [2.45, 2.75) is 25.9 Å². The molecule has 0 aliphatic carbocycles. The van der Waals surface area contributed by atoms with Crippen molar-refractivity contribution in [1.82, 2.24) is 25.1 Å². The molecule has 0 spiro atoms. The number of nitrogens with two attached hydrogens (primary N) is 1. The number of ether oxygens (including phenoxy) is 1. The van der Waals surface area contributed by atoms with E-state index in [4.69, 9.17) is 14.9 Å². The lowest BCUT2D eigenvalue weighted by molar-refractivity contribution is -0.134. The summed E-state index contributed by atoms with van der Waals surface area (Å²) in [5, 5.41) is 3.33. The maximum atomic E-state index is 14.9. The van der Waals surface area contributed by atoms with Crippen LogP contribution in [0, 0.1) is 12.7 Å². The number of nitrogens with one attached hydrogen (secondary N) is 2. The molecule has 1 saturated heterocycles. The van der Waals surface area contributed by atoms with E-state index < -0.39 is 11.9 Å². The highest BCUT2D eigenvalue weighted by Gasteiger charge is 2.26. The molecule has 4 N–H and O–H groups in total. The average Bonchev–Trinajstić information content (AvgIpc) is 3.57. The molecule has 1 unspecified atom stereocenters. The van der Waals surface area contributed by atoms with E-state index in [1.807, 2.05) is 13.1 Å². The number of aromatic amines is 1. The molecule has 1 aliphatic heterocycles. The minimum absolute atomic E-state index is 0.0851. The molecule has 10 nitrogen and oxygen atoms in total. The third-order valence-corrected chi connectivity index (χ3v) is 6.90. The van der Waals surface area contributed by atoms with E-state index >= 15 is 0 Å². The minimum atomic E-state index is -0.787. The average molecular weight is 535 g/mol. The Labute approximate surface area is 224 Å². The number of hydrogen-bond donors (Lipinski definition) is 3. The van der Waals surface area contributed by atoms with E-state index in [2.05, 4.69) is 20.2 Å². The first-order chi connectivity index (χ1) is 18.8. The van der Waals surface area contributed by atoms with Gasteiger partial charge in [-0.3, -0.25) is 14.5 Å². The number of carbonyl (C=O) groups is 2. The SMILES string of the molecule is CNC(=O)c1ccc(CN2CCN(C(=O)C(N)Cc3ccc(Oc4ccnc5[nH]cc(C)c45)c(F)c3)CC2)o1. The van der Waals surface area contributed by atoms with Crippen LogP contribution in [-0.4, -0.2) is 70.9 Å². The van der Waals surface area contributed by atoms with Crippen LogP contribution in [0.2, 0.25) is 0 Å². The number of hydrogen-bond acceptors (Lipinski definition) is 7. The van der Waals surface area contributed by atoms with Crippen molar-refractivity contribution in [3.63, 3.8) is 0 Å². The van der Waals surface area contributed by atoms with Crippen LogP contribution < -0.4 is 15.8 Å². The van der Waals surface area contributed by atoms with E-state index in [1.165, 1.54) is 6.07 Å². The Balaban J connectivity index is 1.14. The smallest absolute Gasteiger partial charge is 0.286 e. The summed E-state index contributed by atoms with van der Waals surface area (Å²) in [6.07, 6.45) is 3.64. The number of amides is 2. The molecule has 0 saturated carbocycles. The van der Waals surface area contributed by atoms with Crippen molar-refractivity contribution in [3.05, 3.63) is 77.3 Å². The zero-order valence-electron chi connectivity index (χ0n) is 21.9. The summed E-state index contributed by atoms with van der Waals surface area (Å²) in [6, 6.07) is 8.98. The number of nitrogens with zero attached hydrogens (tertiary/aromatic N) is 3. The number of furan rings is 1. The third-order valence-electron chi connectivity index (χ3n) is 6.90. The maximum absolute atomic E-state index is 14.9. The fourth-order valence-corrected chi connectivity index (χ4v) is 4.77. The van der Waals surface area contributed by atoms with Gasteiger partial charge in [-0.2, -0.15) is 0 Å². The lowest BCUT2D eigenvalue weighted by Crippen LogP contribution is -2.53. The van der Waals surface area contributed by atoms with Gasteiger partial charge in [-0.15, -0.1) is 0 Å². The highest BCUT2D eigenvalue weighted by atomic mass is 19.1. The van der Waals surface area contributed by atoms with Crippen LogP contribution in [0.25, 0.3) is 11.0 Å². The number of aromatic nitrogens is 2. The van der Waals surface area contributed by atoms with E-state index in [9.17, 15) is 14.0 Å². The largest absolute Gasteiger partial charge is 0.455 e. The molecule has 1 aliphatic rings. The first kappa shape index (κ1) is 26.4. The van der Waals surface area contributed by atoms with Crippen LogP contribution in [0.5, 0.6) is 11.5 Å².